The molecule has 120 valence electrons. The van der Waals surface area contributed by atoms with Crippen molar-refractivity contribution in [2.24, 2.45) is 0 Å². The minimum Gasteiger partial charge on any atom is -0.382 e. The molecule has 0 unspecified atom stereocenters. The Balaban J connectivity index is 1.68. The second-order valence-corrected chi connectivity index (χ2v) is 5.38. The van der Waals surface area contributed by atoms with Crippen LogP contribution in [0.25, 0.3) is 0 Å². The summed E-state index contributed by atoms with van der Waals surface area (Å²) in [5, 5.41) is 5.79. The Bertz CT molecular complexity index is 709. The molecular weight excluding hydrogens is 307 g/mol. The van der Waals surface area contributed by atoms with Crippen LogP contribution in [0.2, 0.25) is 0 Å². The molecule has 1 aliphatic rings. The summed E-state index contributed by atoms with van der Waals surface area (Å²) in [6, 6.07) is 8.12. The van der Waals surface area contributed by atoms with Crippen molar-refractivity contribution in [3.63, 3.8) is 0 Å². The van der Waals surface area contributed by atoms with Gasteiger partial charge in [-0.3, -0.25) is 9.78 Å². The normalized spacial score (nSPS) is 14.4. The van der Waals surface area contributed by atoms with Crippen LogP contribution in [0.5, 0.6) is 0 Å². The summed E-state index contributed by atoms with van der Waals surface area (Å²) in [7, 11) is 0. The lowest BCUT2D eigenvalue weighted by atomic mass is 10.2. The smallest absolute Gasteiger partial charge is 0.382 e. The van der Waals surface area contributed by atoms with Gasteiger partial charge in [0, 0.05) is 23.6 Å². The van der Waals surface area contributed by atoms with E-state index in [4.69, 9.17) is 0 Å². The first-order chi connectivity index (χ1) is 10.9. The summed E-state index contributed by atoms with van der Waals surface area (Å²) in [5.41, 5.74) is 0.533. The second kappa shape index (κ2) is 5.91. The van der Waals surface area contributed by atoms with Gasteiger partial charge in [0.2, 0.25) is 0 Å². The van der Waals surface area contributed by atoms with Crippen molar-refractivity contribution in [2.45, 2.75) is 25.1 Å². The van der Waals surface area contributed by atoms with Gasteiger partial charge >= 0.3 is 6.18 Å². The third-order valence-electron chi connectivity index (χ3n) is 3.41. The van der Waals surface area contributed by atoms with Crippen molar-refractivity contribution in [1.82, 2.24) is 4.98 Å². The molecule has 0 saturated heterocycles. The van der Waals surface area contributed by atoms with Crippen molar-refractivity contribution in [1.29, 1.82) is 0 Å². The van der Waals surface area contributed by atoms with Gasteiger partial charge in [0.05, 0.1) is 5.56 Å². The third-order valence-corrected chi connectivity index (χ3v) is 3.41. The van der Waals surface area contributed by atoms with Gasteiger partial charge in [0.1, 0.15) is 5.69 Å². The van der Waals surface area contributed by atoms with E-state index >= 15 is 0 Å². The van der Waals surface area contributed by atoms with E-state index < -0.39 is 17.6 Å². The number of aromatic nitrogens is 1. The highest BCUT2D eigenvalue weighted by Crippen LogP contribution is 2.30. The number of halogens is 3. The molecule has 0 aliphatic heterocycles. The number of nitrogens with one attached hydrogen (secondary N) is 2. The monoisotopic (exact) mass is 321 g/mol. The molecule has 1 aromatic heterocycles. The molecule has 0 atom stereocenters. The number of hydrogen-bond acceptors (Lipinski definition) is 3. The lowest BCUT2D eigenvalue weighted by molar-refractivity contribution is -0.137. The number of nitrogens with zero attached hydrogens (tertiary/aromatic N) is 1. The van der Waals surface area contributed by atoms with Crippen LogP contribution in [0.15, 0.2) is 42.6 Å². The van der Waals surface area contributed by atoms with E-state index in [2.05, 4.69) is 15.6 Å². The summed E-state index contributed by atoms with van der Waals surface area (Å²) in [6.07, 6.45) is -0.663. The molecule has 0 spiro atoms. The van der Waals surface area contributed by atoms with E-state index in [1.54, 1.807) is 12.1 Å². The van der Waals surface area contributed by atoms with Crippen molar-refractivity contribution in [3.05, 3.63) is 53.9 Å². The number of alkyl halides is 3. The van der Waals surface area contributed by atoms with Crippen molar-refractivity contribution < 1.29 is 18.0 Å². The second-order valence-electron chi connectivity index (χ2n) is 5.38. The number of hydrogen-bond donors (Lipinski definition) is 2. The highest BCUT2D eigenvalue weighted by Gasteiger charge is 2.30. The number of amides is 1. The van der Waals surface area contributed by atoms with Gasteiger partial charge in [-0.1, -0.05) is 0 Å². The van der Waals surface area contributed by atoms with E-state index in [0.717, 1.165) is 30.7 Å². The fourth-order valence-electron chi connectivity index (χ4n) is 2.05. The van der Waals surface area contributed by atoms with Gasteiger partial charge in [0.25, 0.3) is 5.91 Å². The number of rotatable bonds is 4. The van der Waals surface area contributed by atoms with Crippen LogP contribution in [-0.2, 0) is 6.18 Å². The zero-order valence-corrected chi connectivity index (χ0v) is 12.0. The maximum absolute atomic E-state index is 12.5. The average Bonchev–Trinajstić information content (AvgIpc) is 3.31. The topological polar surface area (TPSA) is 54.0 Å². The standard InChI is InChI=1S/C16H14F3N3O/c17-16(18,19)10-1-3-12(4-2-10)22-15(23)14-9-13(7-8-20-14)21-11-5-6-11/h1-4,7-9,11H,5-6H2,(H,20,21)(H,22,23). The van der Waals surface area contributed by atoms with Crippen LogP contribution in [0, 0.1) is 0 Å². The predicted octanol–water partition coefficient (Wildman–Crippen LogP) is 3.93. The van der Waals surface area contributed by atoms with Crippen molar-refractivity contribution in [2.75, 3.05) is 10.6 Å². The quantitative estimate of drug-likeness (QED) is 0.897. The molecule has 1 aromatic carbocycles. The Kier molecular flexibility index (Phi) is 3.94. The highest BCUT2D eigenvalue weighted by molar-refractivity contribution is 6.03. The Morgan fingerprint density at radius 2 is 1.78 bits per heavy atom. The molecule has 1 heterocycles. The van der Waals surface area contributed by atoms with Crippen molar-refractivity contribution >= 4 is 17.3 Å². The summed E-state index contributed by atoms with van der Waals surface area (Å²) in [5.74, 6) is -0.468. The van der Waals surface area contributed by atoms with Gasteiger partial charge in [-0.15, -0.1) is 0 Å². The highest BCUT2D eigenvalue weighted by atomic mass is 19.4. The summed E-state index contributed by atoms with van der Waals surface area (Å²) >= 11 is 0. The van der Waals surface area contributed by atoms with Crippen LogP contribution < -0.4 is 10.6 Å². The fourth-order valence-corrected chi connectivity index (χ4v) is 2.05. The van der Waals surface area contributed by atoms with Crippen LogP contribution in [0.1, 0.15) is 28.9 Å². The Hall–Kier alpha value is -2.57. The van der Waals surface area contributed by atoms with E-state index in [1.165, 1.54) is 18.3 Å². The summed E-state index contributed by atoms with van der Waals surface area (Å²) in [6.45, 7) is 0. The molecule has 3 rings (SSSR count). The molecule has 0 radical (unpaired) electrons. The van der Waals surface area contributed by atoms with E-state index in [9.17, 15) is 18.0 Å². The number of carbonyl (C=O) groups excluding carboxylic acids is 1. The first-order valence-corrected chi connectivity index (χ1v) is 7.13. The Morgan fingerprint density at radius 3 is 2.39 bits per heavy atom. The largest absolute Gasteiger partial charge is 0.416 e. The number of pyridine rings is 1. The van der Waals surface area contributed by atoms with Gasteiger partial charge < -0.3 is 10.6 Å². The molecule has 1 fully saturated rings. The lowest BCUT2D eigenvalue weighted by Crippen LogP contribution is -2.14. The Morgan fingerprint density at radius 1 is 1.09 bits per heavy atom. The van der Waals surface area contributed by atoms with Crippen LogP contribution >= 0.6 is 0 Å². The number of carbonyl (C=O) groups is 1. The van der Waals surface area contributed by atoms with E-state index in [1.807, 2.05) is 0 Å². The minimum atomic E-state index is -4.40. The van der Waals surface area contributed by atoms with E-state index in [-0.39, 0.29) is 11.4 Å². The fraction of sp³-hybridized carbons (Fsp3) is 0.250. The number of benzene rings is 1. The lowest BCUT2D eigenvalue weighted by Gasteiger charge is -2.09. The van der Waals surface area contributed by atoms with Gasteiger partial charge in [-0.05, 0) is 49.2 Å². The molecule has 7 heteroatoms. The third kappa shape index (κ3) is 4.00. The predicted molar refractivity (Wildman–Crippen MR) is 80.3 cm³/mol. The molecular formula is C16H14F3N3O. The van der Waals surface area contributed by atoms with Crippen molar-refractivity contribution in [3.8, 4) is 0 Å². The van der Waals surface area contributed by atoms with Crippen LogP contribution in [-0.4, -0.2) is 16.9 Å². The maximum Gasteiger partial charge on any atom is 0.416 e. The molecule has 1 amide bonds. The maximum atomic E-state index is 12.5. The molecule has 2 N–H and O–H groups in total. The SMILES string of the molecule is O=C(Nc1ccc(C(F)(F)F)cc1)c1cc(NC2CC2)ccn1. The first kappa shape index (κ1) is 15.3. The van der Waals surface area contributed by atoms with Gasteiger partial charge in [-0.2, -0.15) is 13.2 Å². The number of anilines is 2. The van der Waals surface area contributed by atoms with E-state index in [0.29, 0.717) is 6.04 Å². The Labute approximate surface area is 130 Å². The molecule has 23 heavy (non-hydrogen) atoms. The summed E-state index contributed by atoms with van der Waals surface area (Å²) in [4.78, 5) is 16.1. The molecule has 2 aromatic rings. The molecule has 4 nitrogen and oxygen atoms in total. The zero-order valence-electron chi connectivity index (χ0n) is 12.0. The summed E-state index contributed by atoms with van der Waals surface area (Å²) < 4.78 is 37.5. The molecule has 1 saturated carbocycles. The first-order valence-electron chi connectivity index (χ1n) is 7.13. The minimum absolute atomic E-state index is 0.204. The molecule has 0 bridgehead atoms. The van der Waals surface area contributed by atoms with Crippen LogP contribution in [0.3, 0.4) is 0 Å². The average molecular weight is 321 g/mol. The zero-order chi connectivity index (χ0) is 16.4. The molecule has 1 aliphatic carbocycles. The van der Waals surface area contributed by atoms with Gasteiger partial charge in [-0.25, -0.2) is 0 Å². The van der Waals surface area contributed by atoms with Gasteiger partial charge in [0.15, 0.2) is 0 Å². The van der Waals surface area contributed by atoms with Crippen LogP contribution in [0.4, 0.5) is 24.5 Å².